The number of H-pyrrole nitrogens is 1. The average Bonchev–Trinajstić information content (AvgIpc) is 3.10. The molecule has 1 aromatic heterocycles. The van der Waals surface area contributed by atoms with E-state index in [1.807, 2.05) is 42.5 Å². The SMILES string of the molecule is O=C(COc1c(Br)cc(Br)cc1Br)NN=Cc1cn[nH]c1-c1ccccc1. The molecule has 2 N–H and O–H groups in total. The van der Waals surface area contributed by atoms with Crippen LogP contribution in [0.15, 0.2) is 67.2 Å². The number of hydrazone groups is 1. The van der Waals surface area contributed by atoms with Gasteiger partial charge in [-0.3, -0.25) is 9.89 Å². The summed E-state index contributed by atoms with van der Waals surface area (Å²) < 4.78 is 7.89. The monoisotopic (exact) mass is 554 g/mol. The van der Waals surface area contributed by atoms with Gasteiger partial charge in [-0.2, -0.15) is 10.2 Å². The number of nitrogens with zero attached hydrogens (tertiary/aromatic N) is 2. The Morgan fingerprint density at radius 1 is 1.19 bits per heavy atom. The van der Waals surface area contributed by atoms with Gasteiger partial charge in [0, 0.05) is 15.6 Å². The van der Waals surface area contributed by atoms with Crippen LogP contribution in [0.2, 0.25) is 0 Å². The van der Waals surface area contributed by atoms with Crippen LogP contribution in [0.4, 0.5) is 0 Å². The third-order valence-electron chi connectivity index (χ3n) is 3.43. The van der Waals surface area contributed by atoms with Crippen LogP contribution >= 0.6 is 47.8 Å². The summed E-state index contributed by atoms with van der Waals surface area (Å²) in [7, 11) is 0. The van der Waals surface area contributed by atoms with Crippen molar-refractivity contribution in [1.29, 1.82) is 0 Å². The Kier molecular flexibility index (Phi) is 6.81. The Balaban J connectivity index is 1.58. The van der Waals surface area contributed by atoms with Crippen LogP contribution in [0, 0.1) is 0 Å². The van der Waals surface area contributed by atoms with Crippen LogP contribution in [0.25, 0.3) is 11.3 Å². The number of amides is 1. The van der Waals surface area contributed by atoms with Gasteiger partial charge in [-0.05, 0) is 44.0 Å². The van der Waals surface area contributed by atoms with Crippen LogP contribution < -0.4 is 10.2 Å². The molecule has 1 heterocycles. The van der Waals surface area contributed by atoms with Gasteiger partial charge in [0.2, 0.25) is 0 Å². The minimum atomic E-state index is -0.377. The molecule has 0 spiro atoms. The maximum absolute atomic E-state index is 12.0. The van der Waals surface area contributed by atoms with Crippen molar-refractivity contribution in [3.8, 4) is 17.0 Å². The summed E-state index contributed by atoms with van der Waals surface area (Å²) in [6.45, 7) is -0.174. The average molecular weight is 557 g/mol. The second-order valence-corrected chi connectivity index (χ2v) is 7.97. The first kappa shape index (κ1) is 19.8. The van der Waals surface area contributed by atoms with Crippen molar-refractivity contribution in [3.05, 3.63) is 67.6 Å². The molecule has 0 bridgehead atoms. The molecule has 0 radical (unpaired) electrons. The zero-order chi connectivity index (χ0) is 19.2. The molecule has 2 aromatic carbocycles. The number of carbonyl (C=O) groups is 1. The van der Waals surface area contributed by atoms with E-state index in [2.05, 4.69) is 68.5 Å². The van der Waals surface area contributed by atoms with Gasteiger partial charge in [0.05, 0.1) is 27.1 Å². The highest BCUT2D eigenvalue weighted by Gasteiger charge is 2.10. The lowest BCUT2D eigenvalue weighted by Gasteiger charge is -2.09. The first-order chi connectivity index (χ1) is 13.0. The summed E-state index contributed by atoms with van der Waals surface area (Å²) in [6, 6.07) is 13.4. The maximum Gasteiger partial charge on any atom is 0.277 e. The molecule has 0 aliphatic carbocycles. The molecule has 0 saturated carbocycles. The topological polar surface area (TPSA) is 79.4 Å². The maximum atomic E-state index is 12.0. The van der Waals surface area contributed by atoms with Crippen molar-refractivity contribution in [3.63, 3.8) is 0 Å². The Bertz CT molecular complexity index is 951. The largest absolute Gasteiger partial charge is 0.481 e. The number of benzene rings is 2. The Morgan fingerprint density at radius 2 is 1.89 bits per heavy atom. The van der Waals surface area contributed by atoms with E-state index in [1.54, 1.807) is 6.20 Å². The predicted octanol–water partition coefficient (Wildman–Crippen LogP) is 4.89. The van der Waals surface area contributed by atoms with E-state index in [-0.39, 0.29) is 12.5 Å². The summed E-state index contributed by atoms with van der Waals surface area (Å²) in [5.74, 6) is 0.163. The fraction of sp³-hybridized carbons (Fsp3) is 0.0556. The number of rotatable bonds is 6. The van der Waals surface area contributed by atoms with Crippen LogP contribution in [-0.4, -0.2) is 28.9 Å². The zero-order valence-corrected chi connectivity index (χ0v) is 18.5. The first-order valence-electron chi connectivity index (χ1n) is 7.72. The molecule has 0 unspecified atom stereocenters. The molecule has 0 fully saturated rings. The third kappa shape index (κ3) is 5.27. The molecule has 27 heavy (non-hydrogen) atoms. The van der Waals surface area contributed by atoms with Gasteiger partial charge in [0.1, 0.15) is 5.75 Å². The molecule has 3 rings (SSSR count). The second-order valence-electron chi connectivity index (χ2n) is 5.35. The van der Waals surface area contributed by atoms with Gasteiger partial charge >= 0.3 is 0 Å². The van der Waals surface area contributed by atoms with Crippen molar-refractivity contribution < 1.29 is 9.53 Å². The Hall–Kier alpha value is -1.97. The first-order valence-corrected chi connectivity index (χ1v) is 10.1. The van der Waals surface area contributed by atoms with E-state index < -0.39 is 0 Å². The van der Waals surface area contributed by atoms with Crippen LogP contribution in [0.3, 0.4) is 0 Å². The molecule has 9 heteroatoms. The summed E-state index contributed by atoms with van der Waals surface area (Å²) >= 11 is 10.2. The number of hydrogen-bond acceptors (Lipinski definition) is 4. The van der Waals surface area contributed by atoms with Crippen molar-refractivity contribution in [2.75, 3.05) is 6.61 Å². The normalized spacial score (nSPS) is 10.9. The van der Waals surface area contributed by atoms with Crippen molar-refractivity contribution in [2.24, 2.45) is 5.10 Å². The summed E-state index contributed by atoms with van der Waals surface area (Å²) in [5, 5.41) is 10.9. The van der Waals surface area contributed by atoms with Crippen LogP contribution in [0.5, 0.6) is 5.75 Å². The molecule has 6 nitrogen and oxygen atoms in total. The Labute approximate surface area is 180 Å². The highest BCUT2D eigenvalue weighted by atomic mass is 79.9. The molecule has 0 aliphatic rings. The van der Waals surface area contributed by atoms with E-state index in [4.69, 9.17) is 4.74 Å². The highest BCUT2D eigenvalue weighted by Crippen LogP contribution is 2.36. The number of aromatic nitrogens is 2. The number of nitrogens with one attached hydrogen (secondary N) is 2. The van der Waals surface area contributed by atoms with Gasteiger partial charge in [-0.25, -0.2) is 5.43 Å². The minimum Gasteiger partial charge on any atom is -0.481 e. The quantitative estimate of drug-likeness (QED) is 0.335. The van der Waals surface area contributed by atoms with Gasteiger partial charge in [-0.1, -0.05) is 46.3 Å². The number of carbonyl (C=O) groups excluding carboxylic acids is 1. The van der Waals surface area contributed by atoms with E-state index in [9.17, 15) is 4.79 Å². The molecule has 1 amide bonds. The van der Waals surface area contributed by atoms with Gasteiger partial charge in [0.25, 0.3) is 5.91 Å². The van der Waals surface area contributed by atoms with Crippen molar-refractivity contribution in [2.45, 2.75) is 0 Å². The third-order valence-corrected chi connectivity index (χ3v) is 5.07. The fourth-order valence-corrected chi connectivity index (χ4v) is 4.73. The summed E-state index contributed by atoms with van der Waals surface area (Å²) in [4.78, 5) is 12.0. The van der Waals surface area contributed by atoms with Gasteiger partial charge < -0.3 is 4.74 Å². The lowest BCUT2D eigenvalue weighted by atomic mass is 10.1. The molecule has 0 atom stereocenters. The molecular weight excluding hydrogens is 544 g/mol. The number of ether oxygens (including phenoxy) is 1. The number of halogens is 3. The molecule has 3 aromatic rings. The summed E-state index contributed by atoms with van der Waals surface area (Å²) in [5.41, 5.74) is 5.02. The van der Waals surface area contributed by atoms with Crippen molar-refractivity contribution >= 4 is 59.9 Å². The van der Waals surface area contributed by atoms with Gasteiger partial charge in [-0.15, -0.1) is 0 Å². The van der Waals surface area contributed by atoms with E-state index in [0.717, 1.165) is 30.2 Å². The summed E-state index contributed by atoms with van der Waals surface area (Å²) in [6.07, 6.45) is 3.18. The Morgan fingerprint density at radius 3 is 2.59 bits per heavy atom. The smallest absolute Gasteiger partial charge is 0.277 e. The molecular formula is C18H13Br3N4O2. The van der Waals surface area contributed by atoms with Gasteiger partial charge in [0.15, 0.2) is 6.61 Å². The van der Waals surface area contributed by atoms with E-state index in [0.29, 0.717) is 5.75 Å². The number of aromatic amines is 1. The second kappa shape index (κ2) is 9.29. The molecule has 138 valence electrons. The number of hydrogen-bond donors (Lipinski definition) is 2. The van der Waals surface area contributed by atoms with Crippen LogP contribution in [0.1, 0.15) is 5.56 Å². The lowest BCUT2D eigenvalue weighted by molar-refractivity contribution is -0.123. The fourth-order valence-electron chi connectivity index (χ4n) is 2.24. The zero-order valence-electron chi connectivity index (χ0n) is 13.7. The highest BCUT2D eigenvalue weighted by molar-refractivity contribution is 9.11. The standard InChI is InChI=1S/C18H13Br3N4O2/c19-13-6-14(20)18(15(21)7-13)27-10-16(26)24-22-8-12-9-23-25-17(12)11-4-2-1-3-5-11/h1-9H,10H2,(H,23,25)(H,24,26). The van der Waals surface area contributed by atoms with E-state index >= 15 is 0 Å². The van der Waals surface area contributed by atoms with Crippen molar-refractivity contribution in [1.82, 2.24) is 15.6 Å². The molecule has 0 saturated heterocycles. The predicted molar refractivity (Wildman–Crippen MR) is 115 cm³/mol. The molecule has 0 aliphatic heterocycles. The minimum absolute atomic E-state index is 0.174. The lowest BCUT2D eigenvalue weighted by Crippen LogP contribution is -2.24. The van der Waals surface area contributed by atoms with Crippen LogP contribution in [-0.2, 0) is 4.79 Å². The van der Waals surface area contributed by atoms with E-state index in [1.165, 1.54) is 6.21 Å².